The van der Waals surface area contributed by atoms with E-state index in [1.807, 2.05) is 24.3 Å². The number of nitrogens with zero attached hydrogens (tertiary/aromatic N) is 1. The number of rotatable bonds is 5. The second-order valence-electron chi connectivity index (χ2n) is 5.41. The molecule has 0 heterocycles. The first kappa shape index (κ1) is 14.7. The molecule has 0 atom stereocenters. The standard InChI is InChI=1S/C16H25N3O/c1-13-7-9-15(10-8-13)20-12-11-18-16(17)19-14-5-3-2-4-6-14/h7-10,14H,2-6,11-12H2,1H3,(H3,17,18,19). The van der Waals surface area contributed by atoms with E-state index in [1.54, 1.807) is 0 Å². The van der Waals surface area contributed by atoms with Gasteiger partial charge in [-0.05, 0) is 31.9 Å². The first-order valence-electron chi connectivity index (χ1n) is 7.50. The summed E-state index contributed by atoms with van der Waals surface area (Å²) < 4.78 is 5.61. The summed E-state index contributed by atoms with van der Waals surface area (Å²) in [6.07, 6.45) is 6.34. The van der Waals surface area contributed by atoms with Crippen LogP contribution < -0.4 is 15.8 Å². The number of nitrogens with one attached hydrogen (secondary N) is 1. The van der Waals surface area contributed by atoms with Crippen molar-refractivity contribution in [1.82, 2.24) is 5.32 Å². The maximum atomic E-state index is 5.89. The zero-order valence-electron chi connectivity index (χ0n) is 12.3. The highest BCUT2D eigenvalue weighted by atomic mass is 16.5. The average molecular weight is 275 g/mol. The van der Waals surface area contributed by atoms with Crippen molar-refractivity contribution in [2.24, 2.45) is 10.7 Å². The molecular weight excluding hydrogens is 250 g/mol. The van der Waals surface area contributed by atoms with Crippen molar-refractivity contribution in [2.45, 2.75) is 45.1 Å². The molecule has 0 saturated heterocycles. The van der Waals surface area contributed by atoms with Crippen LogP contribution in [0.25, 0.3) is 0 Å². The van der Waals surface area contributed by atoms with Crippen LogP contribution in [-0.2, 0) is 0 Å². The van der Waals surface area contributed by atoms with Gasteiger partial charge in [-0.25, -0.2) is 4.99 Å². The van der Waals surface area contributed by atoms with Gasteiger partial charge in [0.05, 0.1) is 6.54 Å². The fourth-order valence-electron chi connectivity index (χ4n) is 2.47. The SMILES string of the molecule is Cc1ccc(OCCN=C(N)NC2CCCCC2)cc1. The maximum Gasteiger partial charge on any atom is 0.188 e. The number of guanidine groups is 1. The maximum absolute atomic E-state index is 5.89. The lowest BCUT2D eigenvalue weighted by molar-refractivity contribution is 0.328. The number of hydrogen-bond acceptors (Lipinski definition) is 2. The van der Waals surface area contributed by atoms with Crippen LogP contribution in [0.15, 0.2) is 29.3 Å². The summed E-state index contributed by atoms with van der Waals surface area (Å²) in [6, 6.07) is 8.53. The molecule has 20 heavy (non-hydrogen) atoms. The van der Waals surface area contributed by atoms with Gasteiger partial charge < -0.3 is 15.8 Å². The molecule has 1 saturated carbocycles. The molecule has 1 fully saturated rings. The van der Waals surface area contributed by atoms with Crippen molar-refractivity contribution in [1.29, 1.82) is 0 Å². The van der Waals surface area contributed by atoms with Crippen LogP contribution in [0, 0.1) is 6.92 Å². The zero-order valence-corrected chi connectivity index (χ0v) is 12.3. The molecule has 4 nitrogen and oxygen atoms in total. The second-order valence-corrected chi connectivity index (χ2v) is 5.41. The summed E-state index contributed by atoms with van der Waals surface area (Å²) in [7, 11) is 0. The van der Waals surface area contributed by atoms with Crippen LogP contribution in [-0.4, -0.2) is 25.2 Å². The lowest BCUT2D eigenvalue weighted by Gasteiger charge is -2.23. The van der Waals surface area contributed by atoms with E-state index >= 15 is 0 Å². The molecule has 1 aromatic carbocycles. The average Bonchev–Trinajstić information content (AvgIpc) is 2.46. The Morgan fingerprint density at radius 3 is 2.65 bits per heavy atom. The molecule has 110 valence electrons. The van der Waals surface area contributed by atoms with E-state index in [2.05, 4.69) is 17.2 Å². The Labute approximate surface area is 121 Å². The lowest BCUT2D eigenvalue weighted by Crippen LogP contribution is -2.41. The van der Waals surface area contributed by atoms with Gasteiger partial charge in [-0.15, -0.1) is 0 Å². The molecule has 0 amide bonds. The summed E-state index contributed by atoms with van der Waals surface area (Å²) in [5.41, 5.74) is 7.12. The number of benzene rings is 1. The first-order chi connectivity index (χ1) is 9.74. The third kappa shape index (κ3) is 5.11. The molecule has 0 spiro atoms. The topological polar surface area (TPSA) is 59.6 Å². The summed E-state index contributed by atoms with van der Waals surface area (Å²) in [5, 5.41) is 3.30. The third-order valence-electron chi connectivity index (χ3n) is 3.62. The normalized spacial score (nSPS) is 16.9. The highest BCUT2D eigenvalue weighted by molar-refractivity contribution is 5.78. The van der Waals surface area contributed by atoms with Gasteiger partial charge in [0, 0.05) is 6.04 Å². The van der Waals surface area contributed by atoms with Gasteiger partial charge in [0.1, 0.15) is 12.4 Å². The minimum absolute atomic E-state index is 0.505. The fourth-order valence-corrected chi connectivity index (χ4v) is 2.47. The molecule has 0 radical (unpaired) electrons. The fraction of sp³-hybridized carbons (Fsp3) is 0.562. The summed E-state index contributed by atoms with van der Waals surface area (Å²) >= 11 is 0. The van der Waals surface area contributed by atoms with Crippen LogP contribution in [0.4, 0.5) is 0 Å². The quantitative estimate of drug-likeness (QED) is 0.493. The predicted octanol–water partition coefficient (Wildman–Crippen LogP) is 2.61. The van der Waals surface area contributed by atoms with Crippen molar-refractivity contribution in [2.75, 3.05) is 13.2 Å². The summed E-state index contributed by atoms with van der Waals surface area (Å²) in [5.74, 6) is 1.43. The summed E-state index contributed by atoms with van der Waals surface area (Å²) in [4.78, 5) is 4.31. The lowest BCUT2D eigenvalue weighted by atomic mass is 9.96. The predicted molar refractivity (Wildman–Crippen MR) is 83.2 cm³/mol. The number of ether oxygens (including phenoxy) is 1. The largest absolute Gasteiger partial charge is 0.492 e. The van der Waals surface area contributed by atoms with Gasteiger partial charge in [-0.3, -0.25) is 0 Å². The Hall–Kier alpha value is -1.71. The molecule has 0 bridgehead atoms. The minimum atomic E-state index is 0.505. The number of hydrogen-bond donors (Lipinski definition) is 2. The smallest absolute Gasteiger partial charge is 0.188 e. The third-order valence-corrected chi connectivity index (χ3v) is 3.62. The van der Waals surface area contributed by atoms with E-state index in [4.69, 9.17) is 10.5 Å². The van der Waals surface area contributed by atoms with Gasteiger partial charge >= 0.3 is 0 Å². The molecular formula is C16H25N3O. The molecule has 0 aliphatic heterocycles. The second kappa shape index (κ2) is 7.78. The van der Waals surface area contributed by atoms with E-state index in [9.17, 15) is 0 Å². The number of aryl methyl sites for hydroxylation is 1. The monoisotopic (exact) mass is 275 g/mol. The van der Waals surface area contributed by atoms with Crippen LogP contribution >= 0.6 is 0 Å². The van der Waals surface area contributed by atoms with E-state index in [-0.39, 0.29) is 0 Å². The Balaban J connectivity index is 1.65. The van der Waals surface area contributed by atoms with Gasteiger partial charge in [0.15, 0.2) is 5.96 Å². The highest BCUT2D eigenvalue weighted by Gasteiger charge is 2.12. The van der Waals surface area contributed by atoms with Crippen LogP contribution in [0.1, 0.15) is 37.7 Å². The molecule has 1 aliphatic carbocycles. The van der Waals surface area contributed by atoms with Crippen LogP contribution in [0.3, 0.4) is 0 Å². The zero-order chi connectivity index (χ0) is 14.2. The molecule has 0 unspecified atom stereocenters. The highest BCUT2D eigenvalue weighted by Crippen LogP contribution is 2.17. The van der Waals surface area contributed by atoms with Crippen molar-refractivity contribution in [3.05, 3.63) is 29.8 Å². The van der Waals surface area contributed by atoms with Crippen molar-refractivity contribution < 1.29 is 4.74 Å². The Bertz CT molecular complexity index is 422. The Morgan fingerprint density at radius 2 is 1.95 bits per heavy atom. The van der Waals surface area contributed by atoms with Gasteiger partial charge in [0.25, 0.3) is 0 Å². The van der Waals surface area contributed by atoms with Gasteiger partial charge in [-0.2, -0.15) is 0 Å². The van der Waals surface area contributed by atoms with Crippen LogP contribution in [0.2, 0.25) is 0 Å². The Kier molecular flexibility index (Phi) is 5.71. The van der Waals surface area contributed by atoms with E-state index in [0.717, 1.165) is 5.75 Å². The van der Waals surface area contributed by atoms with E-state index in [1.165, 1.54) is 37.7 Å². The van der Waals surface area contributed by atoms with Crippen molar-refractivity contribution in [3.63, 3.8) is 0 Å². The van der Waals surface area contributed by atoms with Crippen molar-refractivity contribution in [3.8, 4) is 5.75 Å². The molecule has 1 aliphatic rings. The molecule has 3 N–H and O–H groups in total. The molecule has 4 heteroatoms. The van der Waals surface area contributed by atoms with Gasteiger partial charge in [0.2, 0.25) is 0 Å². The van der Waals surface area contributed by atoms with E-state index in [0.29, 0.717) is 25.2 Å². The minimum Gasteiger partial charge on any atom is -0.492 e. The summed E-state index contributed by atoms with van der Waals surface area (Å²) in [6.45, 7) is 3.20. The molecule has 0 aromatic heterocycles. The van der Waals surface area contributed by atoms with Crippen LogP contribution in [0.5, 0.6) is 5.75 Å². The molecule has 2 rings (SSSR count). The van der Waals surface area contributed by atoms with E-state index < -0.39 is 0 Å². The number of aliphatic imine (C=N–C) groups is 1. The van der Waals surface area contributed by atoms with Crippen molar-refractivity contribution >= 4 is 5.96 Å². The molecule has 1 aromatic rings. The number of nitrogens with two attached hydrogens (primary N) is 1. The van der Waals surface area contributed by atoms with Gasteiger partial charge in [-0.1, -0.05) is 37.0 Å². The Morgan fingerprint density at radius 1 is 1.25 bits per heavy atom. The first-order valence-corrected chi connectivity index (χ1v) is 7.50.